The van der Waals surface area contributed by atoms with Crippen LogP contribution in [0.4, 0.5) is 0 Å². The molecule has 31 heavy (non-hydrogen) atoms. The van der Waals surface area contributed by atoms with Gasteiger partial charge in [0, 0.05) is 6.54 Å². The SMILES string of the molecule is CC1OC[C@H](OCc2ccccc2)C(OCc2ccccc2)[C@@]1(O)CCNS(C)(=O)=O. The molecule has 1 heterocycles. The Kier molecular flexibility index (Phi) is 8.21. The van der Waals surface area contributed by atoms with E-state index in [1.54, 1.807) is 6.92 Å². The van der Waals surface area contributed by atoms with E-state index in [4.69, 9.17) is 14.2 Å². The third-order valence-corrected chi connectivity index (χ3v) is 6.24. The molecule has 4 atom stereocenters. The van der Waals surface area contributed by atoms with Gasteiger partial charge in [0.05, 0.1) is 32.2 Å². The Balaban J connectivity index is 1.76. The van der Waals surface area contributed by atoms with Crippen LogP contribution >= 0.6 is 0 Å². The normalized spacial score (nSPS) is 26.6. The van der Waals surface area contributed by atoms with Gasteiger partial charge in [0.2, 0.25) is 10.0 Å². The number of ether oxygens (including phenoxy) is 3. The van der Waals surface area contributed by atoms with Gasteiger partial charge >= 0.3 is 0 Å². The van der Waals surface area contributed by atoms with E-state index in [2.05, 4.69) is 4.72 Å². The minimum absolute atomic E-state index is 0.0691. The van der Waals surface area contributed by atoms with Crippen molar-refractivity contribution in [3.05, 3.63) is 71.8 Å². The molecule has 0 bridgehead atoms. The van der Waals surface area contributed by atoms with Crippen molar-refractivity contribution in [2.24, 2.45) is 0 Å². The monoisotopic (exact) mass is 449 g/mol. The lowest BCUT2D eigenvalue weighted by Crippen LogP contribution is -2.64. The third-order valence-electron chi connectivity index (χ3n) is 5.51. The van der Waals surface area contributed by atoms with E-state index in [1.807, 2.05) is 60.7 Å². The van der Waals surface area contributed by atoms with Crippen LogP contribution < -0.4 is 4.72 Å². The molecule has 2 N–H and O–H groups in total. The second-order valence-electron chi connectivity index (χ2n) is 7.94. The first-order valence-corrected chi connectivity index (χ1v) is 12.3. The van der Waals surface area contributed by atoms with E-state index in [0.29, 0.717) is 13.2 Å². The minimum Gasteiger partial charge on any atom is -0.384 e. The highest BCUT2D eigenvalue weighted by Crippen LogP contribution is 2.34. The summed E-state index contributed by atoms with van der Waals surface area (Å²) in [6.07, 6.45) is -0.532. The highest BCUT2D eigenvalue weighted by atomic mass is 32.2. The molecule has 0 radical (unpaired) electrons. The maximum Gasteiger partial charge on any atom is 0.208 e. The first-order chi connectivity index (χ1) is 14.8. The smallest absolute Gasteiger partial charge is 0.208 e. The highest BCUT2D eigenvalue weighted by molar-refractivity contribution is 7.88. The van der Waals surface area contributed by atoms with Gasteiger partial charge in [-0.25, -0.2) is 13.1 Å². The Morgan fingerprint density at radius 1 is 1.03 bits per heavy atom. The molecule has 7 nitrogen and oxygen atoms in total. The van der Waals surface area contributed by atoms with Gasteiger partial charge in [-0.2, -0.15) is 0 Å². The Morgan fingerprint density at radius 2 is 1.58 bits per heavy atom. The molecule has 3 rings (SSSR count). The third kappa shape index (κ3) is 6.83. The summed E-state index contributed by atoms with van der Waals surface area (Å²) in [6, 6.07) is 19.4. The van der Waals surface area contributed by atoms with Crippen molar-refractivity contribution in [1.29, 1.82) is 0 Å². The quantitative estimate of drug-likeness (QED) is 0.578. The van der Waals surface area contributed by atoms with Crippen LogP contribution in [0.15, 0.2) is 60.7 Å². The number of sulfonamides is 1. The molecule has 0 saturated carbocycles. The predicted octanol–water partition coefficient (Wildman–Crippen LogP) is 2.25. The van der Waals surface area contributed by atoms with Crippen molar-refractivity contribution in [3.63, 3.8) is 0 Å². The first kappa shape index (κ1) is 23.8. The molecule has 1 aliphatic heterocycles. The van der Waals surface area contributed by atoms with Gasteiger partial charge < -0.3 is 19.3 Å². The Hall–Kier alpha value is -1.81. The molecular weight excluding hydrogens is 418 g/mol. The van der Waals surface area contributed by atoms with Crippen LogP contribution in [-0.2, 0) is 37.4 Å². The summed E-state index contributed by atoms with van der Waals surface area (Å²) in [5.74, 6) is 0. The van der Waals surface area contributed by atoms with Crippen LogP contribution in [-0.4, -0.2) is 56.8 Å². The second-order valence-corrected chi connectivity index (χ2v) is 9.77. The van der Waals surface area contributed by atoms with Crippen LogP contribution in [0.25, 0.3) is 0 Å². The summed E-state index contributed by atoms with van der Waals surface area (Å²) < 4.78 is 43.6. The lowest BCUT2D eigenvalue weighted by atomic mass is 9.82. The van der Waals surface area contributed by atoms with E-state index in [0.717, 1.165) is 17.4 Å². The first-order valence-electron chi connectivity index (χ1n) is 10.4. The van der Waals surface area contributed by atoms with Gasteiger partial charge in [-0.3, -0.25) is 0 Å². The van der Waals surface area contributed by atoms with Gasteiger partial charge in [-0.1, -0.05) is 60.7 Å². The maximum atomic E-state index is 11.6. The van der Waals surface area contributed by atoms with Crippen molar-refractivity contribution in [3.8, 4) is 0 Å². The number of nitrogens with one attached hydrogen (secondary N) is 1. The minimum atomic E-state index is -3.38. The molecular formula is C23H31NO6S. The molecule has 0 amide bonds. The van der Waals surface area contributed by atoms with Crippen LogP contribution in [0.1, 0.15) is 24.5 Å². The molecule has 2 aromatic carbocycles. The van der Waals surface area contributed by atoms with Gasteiger partial charge in [-0.05, 0) is 24.5 Å². The lowest BCUT2D eigenvalue weighted by molar-refractivity contribution is -0.266. The fraction of sp³-hybridized carbons (Fsp3) is 0.478. The van der Waals surface area contributed by atoms with Crippen molar-refractivity contribution in [1.82, 2.24) is 4.72 Å². The summed E-state index contributed by atoms with van der Waals surface area (Å²) in [7, 11) is -3.38. The summed E-state index contributed by atoms with van der Waals surface area (Å²) in [6.45, 7) is 2.76. The standard InChI is InChI=1S/C23H31NO6S/c1-18-23(25,13-14-24-31(2,26)27)22(30-16-20-11-7-4-8-12-20)21(17-28-18)29-15-19-9-5-3-6-10-19/h3-12,18,21-22,24-25H,13-17H2,1-2H3/t18?,21-,22?,23+/m0/s1. The molecule has 1 saturated heterocycles. The summed E-state index contributed by atoms with van der Waals surface area (Å²) in [5, 5.41) is 11.6. The fourth-order valence-electron chi connectivity index (χ4n) is 3.73. The average molecular weight is 450 g/mol. The van der Waals surface area contributed by atoms with Crippen LogP contribution in [0.2, 0.25) is 0 Å². The summed E-state index contributed by atoms with van der Waals surface area (Å²) in [4.78, 5) is 0. The van der Waals surface area contributed by atoms with Crippen LogP contribution in [0.5, 0.6) is 0 Å². The largest absolute Gasteiger partial charge is 0.384 e. The van der Waals surface area contributed by atoms with E-state index in [-0.39, 0.29) is 19.6 Å². The second kappa shape index (κ2) is 10.7. The molecule has 0 spiro atoms. The van der Waals surface area contributed by atoms with E-state index < -0.39 is 33.9 Å². The number of aliphatic hydroxyl groups is 1. The highest BCUT2D eigenvalue weighted by Gasteiger charge is 2.51. The molecule has 1 fully saturated rings. The van der Waals surface area contributed by atoms with Gasteiger partial charge in [-0.15, -0.1) is 0 Å². The Labute approximate surface area is 184 Å². The van der Waals surface area contributed by atoms with Crippen LogP contribution in [0, 0.1) is 0 Å². The Bertz CT molecular complexity index is 908. The maximum absolute atomic E-state index is 11.6. The van der Waals surface area contributed by atoms with Gasteiger partial charge in [0.25, 0.3) is 0 Å². The predicted molar refractivity (Wildman–Crippen MR) is 118 cm³/mol. The zero-order chi connectivity index (χ0) is 22.3. The zero-order valence-electron chi connectivity index (χ0n) is 17.9. The van der Waals surface area contributed by atoms with E-state index >= 15 is 0 Å². The number of hydrogen-bond acceptors (Lipinski definition) is 6. The Morgan fingerprint density at radius 3 is 2.13 bits per heavy atom. The summed E-state index contributed by atoms with van der Waals surface area (Å²) in [5.41, 5.74) is 0.553. The van der Waals surface area contributed by atoms with E-state index in [1.165, 1.54) is 0 Å². The average Bonchev–Trinajstić information content (AvgIpc) is 2.74. The number of hydrogen-bond donors (Lipinski definition) is 2. The summed E-state index contributed by atoms with van der Waals surface area (Å²) >= 11 is 0. The molecule has 170 valence electrons. The van der Waals surface area contributed by atoms with Gasteiger partial charge in [0.15, 0.2) is 0 Å². The number of rotatable bonds is 10. The number of benzene rings is 2. The van der Waals surface area contributed by atoms with E-state index in [9.17, 15) is 13.5 Å². The fourth-order valence-corrected chi connectivity index (χ4v) is 4.20. The molecule has 2 aromatic rings. The molecule has 0 aromatic heterocycles. The van der Waals surface area contributed by atoms with Crippen molar-refractivity contribution < 1.29 is 27.7 Å². The van der Waals surface area contributed by atoms with Crippen molar-refractivity contribution in [2.45, 2.75) is 50.5 Å². The molecule has 0 aliphatic carbocycles. The van der Waals surface area contributed by atoms with Crippen molar-refractivity contribution >= 4 is 10.0 Å². The molecule has 2 unspecified atom stereocenters. The van der Waals surface area contributed by atoms with Crippen molar-refractivity contribution in [2.75, 3.05) is 19.4 Å². The zero-order valence-corrected chi connectivity index (χ0v) is 18.8. The van der Waals surface area contributed by atoms with Gasteiger partial charge in [0.1, 0.15) is 17.8 Å². The molecule has 8 heteroatoms. The lowest BCUT2D eigenvalue weighted by Gasteiger charge is -2.47. The molecule has 1 aliphatic rings. The topological polar surface area (TPSA) is 94.1 Å². The van der Waals surface area contributed by atoms with Crippen LogP contribution in [0.3, 0.4) is 0 Å².